The van der Waals surface area contributed by atoms with E-state index in [9.17, 15) is 4.79 Å². The third-order valence-electron chi connectivity index (χ3n) is 6.01. The Bertz CT molecular complexity index is 881. The number of aromatic nitrogens is 1. The fourth-order valence-corrected chi connectivity index (χ4v) is 4.31. The van der Waals surface area contributed by atoms with Gasteiger partial charge in [0.1, 0.15) is 5.75 Å². The van der Waals surface area contributed by atoms with E-state index in [1.54, 1.807) is 7.11 Å². The number of anilines is 2. The van der Waals surface area contributed by atoms with Gasteiger partial charge in [-0.15, -0.1) is 0 Å². The van der Waals surface area contributed by atoms with Crippen molar-refractivity contribution < 1.29 is 14.3 Å². The third-order valence-corrected chi connectivity index (χ3v) is 6.01. The van der Waals surface area contributed by atoms with Crippen LogP contribution in [0.1, 0.15) is 30.1 Å². The van der Waals surface area contributed by atoms with Gasteiger partial charge in [-0.2, -0.15) is 0 Å². The lowest BCUT2D eigenvalue weighted by Crippen LogP contribution is -2.47. The molecule has 0 saturated carbocycles. The number of nitrogens with zero attached hydrogens (tertiary/aromatic N) is 3. The molecule has 1 atom stereocenters. The molecule has 7 heteroatoms. The van der Waals surface area contributed by atoms with Crippen LogP contribution in [0.25, 0.3) is 0 Å². The normalized spacial score (nSPS) is 19.8. The number of rotatable bonds is 6. The minimum atomic E-state index is 0.218. The van der Waals surface area contributed by atoms with E-state index in [0.717, 1.165) is 67.5 Å². The van der Waals surface area contributed by atoms with Crippen molar-refractivity contribution in [2.24, 2.45) is 0 Å². The van der Waals surface area contributed by atoms with Crippen molar-refractivity contribution >= 4 is 17.3 Å². The Morgan fingerprint density at radius 1 is 1.16 bits per heavy atom. The molecule has 166 valence electrons. The summed E-state index contributed by atoms with van der Waals surface area (Å²) in [4.78, 5) is 21.9. The van der Waals surface area contributed by atoms with E-state index in [1.807, 2.05) is 36.1 Å². The number of hydrogen-bond donors (Lipinski definition) is 1. The molecule has 2 fully saturated rings. The predicted molar refractivity (Wildman–Crippen MR) is 121 cm³/mol. The van der Waals surface area contributed by atoms with Gasteiger partial charge in [-0.1, -0.05) is 0 Å². The van der Waals surface area contributed by atoms with Crippen molar-refractivity contribution in [3.05, 3.63) is 47.8 Å². The Kier molecular flexibility index (Phi) is 7.04. The van der Waals surface area contributed by atoms with Crippen LogP contribution in [-0.2, 0) is 9.53 Å². The van der Waals surface area contributed by atoms with Crippen LogP contribution in [-0.4, -0.2) is 73.7 Å². The van der Waals surface area contributed by atoms with Crippen molar-refractivity contribution in [1.82, 2.24) is 14.8 Å². The van der Waals surface area contributed by atoms with Gasteiger partial charge in [0.25, 0.3) is 0 Å². The zero-order valence-corrected chi connectivity index (χ0v) is 18.5. The highest BCUT2D eigenvalue weighted by atomic mass is 16.5. The van der Waals surface area contributed by atoms with Crippen molar-refractivity contribution in [2.75, 3.05) is 58.4 Å². The first kappa shape index (κ1) is 21.6. The van der Waals surface area contributed by atoms with Crippen LogP contribution >= 0.6 is 0 Å². The summed E-state index contributed by atoms with van der Waals surface area (Å²) in [5.74, 6) is 1.32. The summed E-state index contributed by atoms with van der Waals surface area (Å²) >= 11 is 0. The van der Waals surface area contributed by atoms with Crippen LogP contribution in [0.5, 0.6) is 5.75 Å². The molecule has 0 radical (unpaired) electrons. The number of hydrogen-bond acceptors (Lipinski definition) is 6. The molecule has 2 aromatic rings. The lowest BCUT2D eigenvalue weighted by Gasteiger charge is -2.35. The van der Waals surface area contributed by atoms with Gasteiger partial charge in [-0.05, 0) is 56.2 Å². The standard InChI is InChI=1S/C24H32N4O3/c1-18-14-21(26-20-5-7-22(30-2)8-6-20)15-23(25-18)19-4-3-9-28(16-19)24(29)17-27-10-12-31-13-11-27/h5-8,14-15,19H,3-4,9-13,16-17H2,1-2H3,(H,25,26). The van der Waals surface area contributed by atoms with E-state index in [4.69, 9.17) is 14.5 Å². The Morgan fingerprint density at radius 3 is 2.68 bits per heavy atom. The molecule has 0 bridgehead atoms. The number of nitrogens with one attached hydrogen (secondary N) is 1. The Hall–Kier alpha value is -2.64. The molecular formula is C24H32N4O3. The van der Waals surface area contributed by atoms with Crippen molar-refractivity contribution in [3.8, 4) is 5.75 Å². The summed E-state index contributed by atoms with van der Waals surface area (Å²) < 4.78 is 10.6. The first-order chi connectivity index (χ1) is 15.1. The van der Waals surface area contributed by atoms with Gasteiger partial charge in [0.2, 0.25) is 5.91 Å². The number of amides is 1. The molecular weight excluding hydrogens is 392 g/mol. The summed E-state index contributed by atoms with van der Waals surface area (Å²) in [6.07, 6.45) is 2.07. The smallest absolute Gasteiger partial charge is 0.236 e. The summed E-state index contributed by atoms with van der Waals surface area (Å²) in [6, 6.07) is 12.1. The number of aryl methyl sites for hydroxylation is 1. The van der Waals surface area contributed by atoms with Gasteiger partial charge in [0.15, 0.2) is 0 Å². The zero-order valence-electron chi connectivity index (χ0n) is 18.5. The van der Waals surface area contributed by atoms with E-state index in [-0.39, 0.29) is 11.8 Å². The second kappa shape index (κ2) is 10.1. The molecule has 31 heavy (non-hydrogen) atoms. The lowest BCUT2D eigenvalue weighted by atomic mass is 9.93. The molecule has 2 saturated heterocycles. The van der Waals surface area contributed by atoms with Crippen LogP contribution in [0.15, 0.2) is 36.4 Å². The summed E-state index contributed by atoms with van der Waals surface area (Å²) in [5.41, 5.74) is 4.05. The number of pyridine rings is 1. The first-order valence-corrected chi connectivity index (χ1v) is 11.1. The quantitative estimate of drug-likeness (QED) is 0.768. The molecule has 3 heterocycles. The summed E-state index contributed by atoms with van der Waals surface area (Å²) in [7, 11) is 1.67. The van der Waals surface area contributed by atoms with Gasteiger partial charge in [-0.25, -0.2) is 0 Å². The Labute approximate surface area is 184 Å². The Balaban J connectivity index is 1.42. The molecule has 1 N–H and O–H groups in total. The maximum Gasteiger partial charge on any atom is 0.236 e. The molecule has 2 aliphatic rings. The van der Waals surface area contributed by atoms with Gasteiger partial charge in [0.05, 0.1) is 26.9 Å². The largest absolute Gasteiger partial charge is 0.497 e. The molecule has 1 aromatic heterocycles. The van der Waals surface area contributed by atoms with Crippen molar-refractivity contribution in [1.29, 1.82) is 0 Å². The monoisotopic (exact) mass is 424 g/mol. The van der Waals surface area contributed by atoms with Crippen molar-refractivity contribution in [2.45, 2.75) is 25.7 Å². The average Bonchev–Trinajstić information content (AvgIpc) is 2.80. The molecule has 1 unspecified atom stereocenters. The number of carbonyl (C=O) groups is 1. The SMILES string of the molecule is COc1ccc(Nc2cc(C)nc(C3CCCN(C(=O)CN4CCOCC4)C3)c2)cc1. The second-order valence-corrected chi connectivity index (χ2v) is 8.34. The predicted octanol–water partition coefficient (Wildman–Crippen LogP) is 3.18. The topological polar surface area (TPSA) is 66.9 Å². The minimum Gasteiger partial charge on any atom is -0.497 e. The number of carbonyl (C=O) groups excluding carboxylic acids is 1. The summed E-state index contributed by atoms with van der Waals surface area (Å²) in [6.45, 7) is 7.18. The number of morpholine rings is 1. The molecule has 4 rings (SSSR count). The van der Waals surface area contributed by atoms with Gasteiger partial charge in [-0.3, -0.25) is 14.7 Å². The molecule has 0 spiro atoms. The van der Waals surface area contributed by atoms with E-state index in [2.05, 4.69) is 22.3 Å². The highest BCUT2D eigenvalue weighted by molar-refractivity contribution is 5.78. The highest BCUT2D eigenvalue weighted by Crippen LogP contribution is 2.29. The number of likely N-dealkylation sites (tertiary alicyclic amines) is 1. The molecule has 2 aliphatic heterocycles. The zero-order chi connectivity index (χ0) is 21.6. The van der Waals surface area contributed by atoms with Crippen LogP contribution in [0.4, 0.5) is 11.4 Å². The van der Waals surface area contributed by atoms with Crippen LogP contribution < -0.4 is 10.1 Å². The molecule has 1 amide bonds. The van der Waals surface area contributed by atoms with E-state index in [0.29, 0.717) is 19.8 Å². The number of benzene rings is 1. The fourth-order valence-electron chi connectivity index (χ4n) is 4.31. The molecule has 7 nitrogen and oxygen atoms in total. The lowest BCUT2D eigenvalue weighted by molar-refractivity contribution is -0.134. The van der Waals surface area contributed by atoms with Gasteiger partial charge >= 0.3 is 0 Å². The van der Waals surface area contributed by atoms with Gasteiger partial charge in [0, 0.05) is 54.9 Å². The van der Waals surface area contributed by atoms with E-state index in [1.165, 1.54) is 0 Å². The maximum absolute atomic E-state index is 12.9. The number of ether oxygens (including phenoxy) is 2. The fraction of sp³-hybridized carbons (Fsp3) is 0.500. The van der Waals surface area contributed by atoms with Crippen LogP contribution in [0.2, 0.25) is 0 Å². The highest BCUT2D eigenvalue weighted by Gasteiger charge is 2.27. The van der Waals surface area contributed by atoms with Crippen LogP contribution in [0.3, 0.4) is 0 Å². The van der Waals surface area contributed by atoms with Crippen LogP contribution in [0, 0.1) is 6.92 Å². The van der Waals surface area contributed by atoms with Gasteiger partial charge < -0.3 is 19.7 Å². The average molecular weight is 425 g/mol. The molecule has 0 aliphatic carbocycles. The first-order valence-electron chi connectivity index (χ1n) is 11.1. The molecule has 1 aromatic carbocycles. The maximum atomic E-state index is 12.9. The van der Waals surface area contributed by atoms with E-state index >= 15 is 0 Å². The Morgan fingerprint density at radius 2 is 1.94 bits per heavy atom. The van der Waals surface area contributed by atoms with E-state index < -0.39 is 0 Å². The third kappa shape index (κ3) is 5.74. The number of methoxy groups -OCH3 is 1. The number of piperidine rings is 1. The second-order valence-electron chi connectivity index (χ2n) is 8.34. The summed E-state index contributed by atoms with van der Waals surface area (Å²) in [5, 5.41) is 3.47. The van der Waals surface area contributed by atoms with Crippen molar-refractivity contribution in [3.63, 3.8) is 0 Å². The minimum absolute atomic E-state index is 0.218.